The summed E-state index contributed by atoms with van der Waals surface area (Å²) in [6.45, 7) is 1.93. The van der Waals surface area contributed by atoms with E-state index in [9.17, 15) is 22.8 Å². The number of carbonyl (C=O) groups excluding carboxylic acids is 2. The van der Waals surface area contributed by atoms with Gasteiger partial charge in [-0.15, -0.1) is 0 Å². The van der Waals surface area contributed by atoms with Crippen LogP contribution in [0.1, 0.15) is 11.1 Å². The average molecular weight is 348 g/mol. The summed E-state index contributed by atoms with van der Waals surface area (Å²) < 4.78 is 40.1. The highest BCUT2D eigenvalue weighted by Gasteiger charge is 2.34. The smallest absolute Gasteiger partial charge is 0.316 e. The van der Waals surface area contributed by atoms with Crippen LogP contribution in [0.25, 0.3) is 0 Å². The van der Waals surface area contributed by atoms with Crippen molar-refractivity contribution in [3.05, 3.63) is 65.0 Å². The second kappa shape index (κ2) is 6.58. The van der Waals surface area contributed by atoms with E-state index in [0.29, 0.717) is 5.69 Å². The van der Waals surface area contributed by atoms with Gasteiger partial charge in [0, 0.05) is 30.9 Å². The van der Waals surface area contributed by atoms with Crippen LogP contribution in [-0.2, 0) is 16.1 Å². The number of rotatable bonds is 3. The highest BCUT2D eigenvalue weighted by molar-refractivity contribution is 6.41. The average Bonchev–Trinajstić information content (AvgIpc) is 2.60. The first-order valence-electron chi connectivity index (χ1n) is 7.69. The van der Waals surface area contributed by atoms with Crippen LogP contribution in [0, 0.1) is 24.4 Å². The summed E-state index contributed by atoms with van der Waals surface area (Å²) >= 11 is 0. The maximum Gasteiger partial charge on any atom is 0.316 e. The Morgan fingerprint density at radius 2 is 1.64 bits per heavy atom. The minimum Gasteiger partial charge on any atom is -0.328 e. The van der Waals surface area contributed by atoms with Gasteiger partial charge in [0.25, 0.3) is 0 Å². The number of nitrogens with zero attached hydrogens (tertiary/aromatic N) is 2. The highest BCUT2D eigenvalue weighted by Crippen LogP contribution is 2.23. The minimum atomic E-state index is -1.59. The van der Waals surface area contributed by atoms with Gasteiger partial charge in [-0.3, -0.25) is 9.59 Å². The lowest BCUT2D eigenvalue weighted by Crippen LogP contribution is -2.54. The molecular formula is C18H15F3N2O2. The lowest BCUT2D eigenvalue weighted by Gasteiger charge is -2.34. The van der Waals surface area contributed by atoms with E-state index in [2.05, 4.69) is 0 Å². The number of anilines is 1. The van der Waals surface area contributed by atoms with Gasteiger partial charge >= 0.3 is 11.8 Å². The molecule has 0 unspecified atom stereocenters. The van der Waals surface area contributed by atoms with Crippen LogP contribution in [0.4, 0.5) is 18.9 Å². The van der Waals surface area contributed by atoms with Gasteiger partial charge < -0.3 is 9.80 Å². The molecule has 3 rings (SSSR count). The van der Waals surface area contributed by atoms with Crippen LogP contribution >= 0.6 is 0 Å². The Morgan fingerprint density at radius 1 is 0.920 bits per heavy atom. The molecule has 0 atom stereocenters. The number of hydrogen-bond acceptors (Lipinski definition) is 2. The van der Waals surface area contributed by atoms with Gasteiger partial charge in [0.2, 0.25) is 0 Å². The molecule has 0 spiro atoms. The third-order valence-electron chi connectivity index (χ3n) is 4.19. The van der Waals surface area contributed by atoms with Crippen LogP contribution in [0.2, 0.25) is 0 Å². The molecule has 2 aromatic rings. The van der Waals surface area contributed by atoms with Gasteiger partial charge in [-0.25, -0.2) is 13.2 Å². The number of aryl methyl sites for hydroxylation is 1. The predicted octanol–water partition coefficient (Wildman–Crippen LogP) is 2.79. The summed E-state index contributed by atoms with van der Waals surface area (Å²) in [5.41, 5.74) is 1.31. The summed E-state index contributed by atoms with van der Waals surface area (Å²) in [6, 6.07) is 9.03. The first-order chi connectivity index (χ1) is 11.9. The van der Waals surface area contributed by atoms with E-state index in [0.717, 1.165) is 22.6 Å². The van der Waals surface area contributed by atoms with Gasteiger partial charge in [-0.1, -0.05) is 24.3 Å². The number of carbonyl (C=O) groups is 2. The zero-order chi connectivity index (χ0) is 18.1. The molecule has 2 aromatic carbocycles. The third-order valence-corrected chi connectivity index (χ3v) is 4.19. The monoisotopic (exact) mass is 348 g/mol. The molecule has 25 heavy (non-hydrogen) atoms. The zero-order valence-corrected chi connectivity index (χ0v) is 13.4. The summed E-state index contributed by atoms with van der Waals surface area (Å²) in [5.74, 6) is -5.77. The quantitative estimate of drug-likeness (QED) is 0.632. The lowest BCUT2D eigenvalue weighted by molar-refractivity contribution is -0.146. The van der Waals surface area contributed by atoms with E-state index < -0.39 is 29.3 Å². The molecule has 1 aliphatic heterocycles. The Hall–Kier alpha value is -2.83. The molecule has 1 fully saturated rings. The maximum absolute atomic E-state index is 13.8. The molecule has 2 amide bonds. The van der Waals surface area contributed by atoms with Gasteiger partial charge in [0.1, 0.15) is 0 Å². The molecule has 0 N–H and O–H groups in total. The molecular weight excluding hydrogens is 333 g/mol. The van der Waals surface area contributed by atoms with E-state index in [1.54, 1.807) is 12.1 Å². The Bertz CT molecular complexity index is 854. The van der Waals surface area contributed by atoms with Crippen molar-refractivity contribution >= 4 is 17.5 Å². The Kier molecular flexibility index (Phi) is 4.48. The summed E-state index contributed by atoms with van der Waals surface area (Å²) in [6.07, 6.45) is 0. The standard InChI is InChI=1S/C18H15F3N2O2/c1-11-4-2-3-5-14(11)23-9-8-22(17(24)18(23)25)10-12-6-7-13(19)16(21)15(12)20/h2-7H,8-10H2,1H3. The van der Waals surface area contributed by atoms with E-state index in [1.807, 2.05) is 19.1 Å². The normalized spacial score (nSPS) is 15.0. The molecule has 0 bridgehead atoms. The van der Waals surface area contributed by atoms with Crippen LogP contribution in [0.5, 0.6) is 0 Å². The Labute approximate surface area is 142 Å². The molecule has 0 aliphatic carbocycles. The van der Waals surface area contributed by atoms with E-state index in [4.69, 9.17) is 0 Å². The number of amides is 2. The SMILES string of the molecule is Cc1ccccc1N1CCN(Cc2ccc(F)c(F)c2F)C(=O)C1=O. The minimum absolute atomic E-state index is 0.164. The lowest BCUT2D eigenvalue weighted by atomic mass is 10.1. The van der Waals surface area contributed by atoms with Crippen molar-refractivity contribution in [2.24, 2.45) is 0 Å². The van der Waals surface area contributed by atoms with Crippen molar-refractivity contribution in [3.8, 4) is 0 Å². The second-order valence-corrected chi connectivity index (χ2v) is 5.80. The number of para-hydroxylation sites is 1. The molecule has 4 nitrogen and oxygen atoms in total. The van der Waals surface area contributed by atoms with Crippen LogP contribution < -0.4 is 4.90 Å². The van der Waals surface area contributed by atoms with E-state index >= 15 is 0 Å². The van der Waals surface area contributed by atoms with Gasteiger partial charge in [-0.05, 0) is 24.6 Å². The predicted molar refractivity (Wildman–Crippen MR) is 85.3 cm³/mol. The van der Waals surface area contributed by atoms with Crippen molar-refractivity contribution in [1.82, 2.24) is 4.90 Å². The molecule has 130 valence electrons. The van der Waals surface area contributed by atoms with Crippen molar-refractivity contribution in [2.75, 3.05) is 18.0 Å². The highest BCUT2D eigenvalue weighted by atomic mass is 19.2. The molecule has 0 saturated carbocycles. The van der Waals surface area contributed by atoms with Gasteiger partial charge in [0.05, 0.1) is 0 Å². The fourth-order valence-corrected chi connectivity index (χ4v) is 2.82. The van der Waals surface area contributed by atoms with Gasteiger partial charge in [-0.2, -0.15) is 0 Å². The van der Waals surface area contributed by atoms with Crippen LogP contribution in [0.15, 0.2) is 36.4 Å². The molecule has 1 heterocycles. The Balaban J connectivity index is 1.80. The first kappa shape index (κ1) is 17.0. The maximum atomic E-state index is 13.8. The summed E-state index contributed by atoms with van der Waals surface area (Å²) in [7, 11) is 0. The zero-order valence-electron chi connectivity index (χ0n) is 13.4. The largest absolute Gasteiger partial charge is 0.328 e. The Morgan fingerprint density at radius 3 is 2.36 bits per heavy atom. The topological polar surface area (TPSA) is 40.6 Å². The molecule has 1 aliphatic rings. The molecule has 0 aromatic heterocycles. The number of halogens is 3. The van der Waals surface area contributed by atoms with Crippen molar-refractivity contribution in [2.45, 2.75) is 13.5 Å². The second-order valence-electron chi connectivity index (χ2n) is 5.80. The fourth-order valence-electron chi connectivity index (χ4n) is 2.82. The van der Waals surface area contributed by atoms with Gasteiger partial charge in [0.15, 0.2) is 17.5 Å². The van der Waals surface area contributed by atoms with Crippen molar-refractivity contribution < 1.29 is 22.8 Å². The van der Waals surface area contributed by atoms with E-state index in [-0.39, 0.29) is 25.2 Å². The fraction of sp³-hybridized carbons (Fsp3) is 0.222. The van der Waals surface area contributed by atoms with Crippen LogP contribution in [-0.4, -0.2) is 29.8 Å². The summed E-state index contributed by atoms with van der Waals surface area (Å²) in [5, 5.41) is 0. The van der Waals surface area contributed by atoms with E-state index in [1.165, 1.54) is 4.90 Å². The van der Waals surface area contributed by atoms with Crippen LogP contribution in [0.3, 0.4) is 0 Å². The summed E-state index contributed by atoms with van der Waals surface area (Å²) in [4.78, 5) is 27.2. The van der Waals surface area contributed by atoms with Crippen molar-refractivity contribution in [1.29, 1.82) is 0 Å². The molecule has 7 heteroatoms. The molecule has 0 radical (unpaired) electrons. The number of hydrogen-bond donors (Lipinski definition) is 0. The van der Waals surface area contributed by atoms with Crippen molar-refractivity contribution in [3.63, 3.8) is 0 Å². The third kappa shape index (κ3) is 3.09. The number of benzene rings is 2. The first-order valence-corrected chi connectivity index (χ1v) is 7.69. The molecule has 1 saturated heterocycles. The number of piperazine rings is 1.